The zero-order chi connectivity index (χ0) is 29.2. The van der Waals surface area contributed by atoms with E-state index in [1.165, 1.54) is 7.11 Å². The maximum atomic E-state index is 11.4. The molecule has 0 aliphatic carbocycles. The van der Waals surface area contributed by atoms with Crippen molar-refractivity contribution in [2.75, 3.05) is 47.1 Å². The summed E-state index contributed by atoms with van der Waals surface area (Å²) in [5.41, 5.74) is 5.75. The molecule has 1 heterocycles. The zero-order valence-corrected chi connectivity index (χ0v) is 23.9. The summed E-state index contributed by atoms with van der Waals surface area (Å²) in [6, 6.07) is 21.8. The molecule has 7 nitrogen and oxygen atoms in total. The second-order valence-corrected chi connectivity index (χ2v) is 9.67. The van der Waals surface area contributed by atoms with Crippen LogP contribution in [0.2, 0.25) is 0 Å². The number of carbonyl (C=O) groups excluding carboxylic acids is 1. The number of nitrogens with zero attached hydrogens (tertiary/aromatic N) is 1. The fraction of sp³-hybridized carbons (Fsp3) is 0.265. The van der Waals surface area contributed by atoms with Gasteiger partial charge in [0.25, 0.3) is 0 Å². The van der Waals surface area contributed by atoms with Gasteiger partial charge < -0.3 is 23.7 Å². The minimum absolute atomic E-state index is 0.117. The summed E-state index contributed by atoms with van der Waals surface area (Å²) in [4.78, 5) is 13.4. The highest BCUT2D eigenvalue weighted by molar-refractivity contribution is 5.87. The van der Waals surface area contributed by atoms with E-state index < -0.39 is 5.97 Å². The smallest absolute Gasteiger partial charge is 0.343 e. The molecule has 0 saturated carbocycles. The SMILES string of the molecule is COC(=O)COc1ccc(OCC=C(c2ccc(C#CCN(C)CCO)cc2)c2ccc3oc(C)cc3c2)cc1C. The van der Waals surface area contributed by atoms with E-state index in [0.29, 0.717) is 31.2 Å². The second-order valence-electron chi connectivity index (χ2n) is 9.67. The number of carbonyl (C=O) groups is 1. The zero-order valence-electron chi connectivity index (χ0n) is 23.9. The van der Waals surface area contributed by atoms with Gasteiger partial charge in [-0.1, -0.05) is 30.0 Å². The predicted molar refractivity (Wildman–Crippen MR) is 160 cm³/mol. The fourth-order valence-electron chi connectivity index (χ4n) is 4.30. The molecule has 4 rings (SSSR count). The van der Waals surface area contributed by atoms with Crippen molar-refractivity contribution < 1.29 is 28.5 Å². The summed E-state index contributed by atoms with van der Waals surface area (Å²) in [6.07, 6.45) is 2.07. The molecule has 0 fully saturated rings. The van der Waals surface area contributed by atoms with Gasteiger partial charge in [-0.15, -0.1) is 0 Å². The Bertz CT molecular complexity index is 1570. The van der Waals surface area contributed by atoms with Crippen LogP contribution in [0.15, 0.2) is 77.2 Å². The van der Waals surface area contributed by atoms with Crippen LogP contribution < -0.4 is 9.47 Å². The Morgan fingerprint density at radius 2 is 1.78 bits per heavy atom. The Labute approximate surface area is 240 Å². The average Bonchev–Trinajstić information content (AvgIpc) is 3.34. The topological polar surface area (TPSA) is 81.4 Å². The van der Waals surface area contributed by atoms with Gasteiger partial charge in [-0.05, 0) is 97.8 Å². The van der Waals surface area contributed by atoms with Gasteiger partial charge in [0.15, 0.2) is 6.61 Å². The van der Waals surface area contributed by atoms with Crippen molar-refractivity contribution in [2.45, 2.75) is 13.8 Å². The number of benzene rings is 3. The van der Waals surface area contributed by atoms with E-state index in [1.807, 2.05) is 62.2 Å². The van der Waals surface area contributed by atoms with Crippen molar-refractivity contribution in [3.05, 3.63) is 101 Å². The third kappa shape index (κ3) is 8.24. The van der Waals surface area contributed by atoms with Crippen molar-refractivity contribution in [2.24, 2.45) is 0 Å². The minimum Gasteiger partial charge on any atom is -0.489 e. The monoisotopic (exact) mass is 553 g/mol. The van der Waals surface area contributed by atoms with E-state index in [0.717, 1.165) is 44.6 Å². The molecule has 1 N–H and O–H groups in total. The van der Waals surface area contributed by atoms with Crippen LogP contribution in [0.25, 0.3) is 16.5 Å². The summed E-state index contributed by atoms with van der Waals surface area (Å²) >= 11 is 0. The van der Waals surface area contributed by atoms with Crippen molar-refractivity contribution >= 4 is 22.5 Å². The average molecular weight is 554 g/mol. The first-order valence-electron chi connectivity index (χ1n) is 13.4. The van der Waals surface area contributed by atoms with Crippen molar-refractivity contribution in [3.63, 3.8) is 0 Å². The van der Waals surface area contributed by atoms with Crippen molar-refractivity contribution in [1.82, 2.24) is 4.90 Å². The van der Waals surface area contributed by atoms with E-state index >= 15 is 0 Å². The standard InChI is InChI=1S/C34H35NO6/c1-24-20-30(12-14-32(24)40-23-34(37)38-4)39-19-15-31(28-11-13-33-29(22-28)21-25(2)41-33)27-9-7-26(8-10-27)6-5-16-35(3)17-18-36/h7-15,20-22,36H,16-19,23H2,1-4H3. The number of hydrogen-bond donors (Lipinski definition) is 1. The quantitative estimate of drug-likeness (QED) is 0.197. The van der Waals surface area contributed by atoms with Gasteiger partial charge in [-0.3, -0.25) is 4.90 Å². The molecule has 0 aliphatic rings. The molecule has 7 heteroatoms. The maximum absolute atomic E-state index is 11.4. The molecule has 0 saturated heterocycles. The number of furan rings is 1. The molecule has 0 radical (unpaired) electrons. The molecule has 0 atom stereocenters. The summed E-state index contributed by atoms with van der Waals surface area (Å²) < 4.78 is 22.0. The molecule has 1 aromatic heterocycles. The number of aryl methyl sites for hydroxylation is 2. The van der Waals surface area contributed by atoms with Gasteiger partial charge in [0, 0.05) is 17.5 Å². The van der Waals surface area contributed by atoms with E-state index in [4.69, 9.17) is 19.0 Å². The largest absolute Gasteiger partial charge is 0.489 e. The minimum atomic E-state index is -0.433. The maximum Gasteiger partial charge on any atom is 0.343 e. The summed E-state index contributed by atoms with van der Waals surface area (Å²) in [7, 11) is 3.26. The third-order valence-corrected chi connectivity index (χ3v) is 6.47. The highest BCUT2D eigenvalue weighted by Crippen LogP contribution is 2.29. The lowest BCUT2D eigenvalue weighted by molar-refractivity contribution is -0.142. The normalized spacial score (nSPS) is 11.3. The number of esters is 1. The molecule has 212 valence electrons. The first-order valence-corrected chi connectivity index (χ1v) is 13.4. The molecule has 3 aromatic carbocycles. The molecule has 4 aromatic rings. The highest BCUT2D eigenvalue weighted by atomic mass is 16.6. The summed E-state index contributed by atoms with van der Waals surface area (Å²) in [5, 5.41) is 10.1. The number of ether oxygens (including phenoxy) is 3. The predicted octanol–water partition coefficient (Wildman–Crippen LogP) is 5.39. The van der Waals surface area contributed by atoms with Crippen LogP contribution in [0, 0.1) is 25.7 Å². The van der Waals surface area contributed by atoms with Crippen LogP contribution in [-0.2, 0) is 9.53 Å². The molecular formula is C34H35NO6. The molecule has 0 aliphatic heterocycles. The Morgan fingerprint density at radius 1 is 1.00 bits per heavy atom. The number of rotatable bonds is 11. The summed E-state index contributed by atoms with van der Waals surface area (Å²) in [5.74, 6) is 8.08. The Kier molecular flexibility index (Phi) is 10.2. The van der Waals surface area contributed by atoms with Gasteiger partial charge in [0.1, 0.15) is 29.4 Å². The number of aliphatic hydroxyl groups is 1. The van der Waals surface area contributed by atoms with Gasteiger partial charge >= 0.3 is 5.97 Å². The lowest BCUT2D eigenvalue weighted by Crippen LogP contribution is -2.22. The van der Waals surface area contributed by atoms with E-state index in [2.05, 4.69) is 46.9 Å². The first-order chi connectivity index (χ1) is 19.9. The van der Waals surface area contributed by atoms with Crippen LogP contribution >= 0.6 is 0 Å². The second kappa shape index (κ2) is 14.2. The van der Waals surface area contributed by atoms with Gasteiger partial charge in [0.05, 0.1) is 20.3 Å². The van der Waals surface area contributed by atoms with E-state index in [1.54, 1.807) is 6.07 Å². The molecule has 0 bridgehead atoms. The Hall–Kier alpha value is -4.51. The fourth-order valence-corrected chi connectivity index (χ4v) is 4.30. The number of hydrogen-bond acceptors (Lipinski definition) is 7. The Morgan fingerprint density at radius 3 is 2.51 bits per heavy atom. The van der Waals surface area contributed by atoms with Crippen LogP contribution in [-0.4, -0.2) is 63.0 Å². The van der Waals surface area contributed by atoms with Gasteiger partial charge in [0.2, 0.25) is 0 Å². The summed E-state index contributed by atoms with van der Waals surface area (Å²) in [6.45, 7) is 5.35. The molecule has 0 amide bonds. The molecule has 0 spiro atoms. The molecular weight excluding hydrogens is 518 g/mol. The highest BCUT2D eigenvalue weighted by Gasteiger charge is 2.10. The van der Waals surface area contributed by atoms with Crippen LogP contribution in [0.3, 0.4) is 0 Å². The van der Waals surface area contributed by atoms with E-state index in [-0.39, 0.29) is 13.2 Å². The lowest BCUT2D eigenvalue weighted by Gasteiger charge is -2.12. The number of fused-ring (bicyclic) bond motifs is 1. The van der Waals surface area contributed by atoms with Crippen LogP contribution in [0.1, 0.15) is 28.0 Å². The lowest BCUT2D eigenvalue weighted by atomic mass is 9.96. The van der Waals surface area contributed by atoms with E-state index in [9.17, 15) is 4.79 Å². The molecule has 41 heavy (non-hydrogen) atoms. The third-order valence-electron chi connectivity index (χ3n) is 6.47. The van der Waals surface area contributed by atoms with Crippen molar-refractivity contribution in [3.8, 4) is 23.3 Å². The van der Waals surface area contributed by atoms with Gasteiger partial charge in [-0.25, -0.2) is 4.79 Å². The number of likely N-dealkylation sites (N-methyl/N-ethyl adjacent to an activating group) is 1. The Balaban J connectivity index is 1.54. The number of methoxy groups -OCH3 is 1. The van der Waals surface area contributed by atoms with Crippen molar-refractivity contribution in [1.29, 1.82) is 0 Å². The molecule has 0 unspecified atom stereocenters. The first kappa shape index (κ1) is 29.5. The number of aliphatic hydroxyl groups excluding tert-OH is 1. The van der Waals surface area contributed by atoms with Gasteiger partial charge in [-0.2, -0.15) is 0 Å². The van der Waals surface area contributed by atoms with Crippen LogP contribution in [0.5, 0.6) is 11.5 Å². The van der Waals surface area contributed by atoms with Crippen LogP contribution in [0.4, 0.5) is 0 Å².